The van der Waals surface area contributed by atoms with Crippen LogP contribution in [0, 0.1) is 0 Å². The molecule has 8 nitrogen and oxygen atoms in total. The van der Waals surface area contributed by atoms with Gasteiger partial charge in [-0.3, -0.25) is 4.79 Å². The normalized spacial score (nSPS) is 18.0. The molecule has 1 atom stereocenters. The number of ether oxygens (including phenoxy) is 3. The zero-order valence-electron chi connectivity index (χ0n) is 17.3. The van der Waals surface area contributed by atoms with Crippen LogP contribution in [0.1, 0.15) is 23.6 Å². The maximum atomic E-state index is 12.9. The molecular formula is C23H22O8. The number of phenolic OH excluding ortho intramolecular Hbond substituents is 1. The van der Waals surface area contributed by atoms with Crippen LogP contribution in [0.5, 0.6) is 11.5 Å². The minimum Gasteiger partial charge on any atom is -0.508 e. The molecule has 0 aliphatic carbocycles. The van der Waals surface area contributed by atoms with Crippen molar-refractivity contribution in [2.24, 2.45) is 0 Å². The van der Waals surface area contributed by atoms with Gasteiger partial charge in [0.2, 0.25) is 11.4 Å². The fourth-order valence-corrected chi connectivity index (χ4v) is 3.63. The molecule has 0 bridgehead atoms. The number of aliphatic hydroxyl groups is 1. The first-order valence-corrected chi connectivity index (χ1v) is 9.42. The third kappa shape index (κ3) is 4.09. The largest absolute Gasteiger partial charge is 0.508 e. The zero-order chi connectivity index (χ0) is 22.8. The number of methoxy groups -OCH3 is 2. The molecule has 2 N–H and O–H groups in total. The van der Waals surface area contributed by atoms with E-state index in [1.165, 1.54) is 20.1 Å². The van der Waals surface area contributed by atoms with E-state index in [9.17, 15) is 24.6 Å². The molecule has 0 saturated heterocycles. The number of benzene rings is 2. The van der Waals surface area contributed by atoms with E-state index in [2.05, 4.69) is 0 Å². The smallest absolute Gasteiger partial charge is 0.375 e. The summed E-state index contributed by atoms with van der Waals surface area (Å²) >= 11 is 0. The number of cyclic esters (lactones) is 1. The quantitative estimate of drug-likeness (QED) is 0.648. The molecule has 3 rings (SSSR count). The number of phenols is 1. The van der Waals surface area contributed by atoms with Crippen LogP contribution in [0.2, 0.25) is 0 Å². The van der Waals surface area contributed by atoms with Crippen LogP contribution in [0.4, 0.5) is 0 Å². The molecule has 2 aromatic rings. The molecule has 1 unspecified atom stereocenters. The van der Waals surface area contributed by atoms with Crippen molar-refractivity contribution in [3.05, 3.63) is 64.9 Å². The van der Waals surface area contributed by atoms with Crippen LogP contribution in [0.3, 0.4) is 0 Å². The molecule has 0 amide bonds. The van der Waals surface area contributed by atoms with Crippen LogP contribution in [-0.2, 0) is 36.7 Å². The molecule has 0 fully saturated rings. The number of hydrogen-bond acceptors (Lipinski definition) is 8. The van der Waals surface area contributed by atoms with Crippen LogP contribution in [0.25, 0.3) is 5.57 Å². The van der Waals surface area contributed by atoms with Gasteiger partial charge in [-0.05, 0) is 36.2 Å². The summed E-state index contributed by atoms with van der Waals surface area (Å²) in [7, 11) is 2.65. The van der Waals surface area contributed by atoms with Crippen molar-refractivity contribution in [2.75, 3.05) is 14.2 Å². The van der Waals surface area contributed by atoms with Gasteiger partial charge in [0, 0.05) is 18.4 Å². The standard InChI is InChI=1S/C23H22O8/c1-13(24)10-16-11-14(4-9-18(16)25)12-23(22(28)30-3)19(20(26)21(27)31-23)15-5-7-17(29-2)8-6-15/h4-9,11,25-26H,10,12H2,1-3H3. The van der Waals surface area contributed by atoms with Crippen molar-refractivity contribution in [3.63, 3.8) is 0 Å². The lowest BCUT2D eigenvalue weighted by atomic mass is 9.83. The summed E-state index contributed by atoms with van der Waals surface area (Å²) < 4.78 is 15.5. The first-order valence-electron chi connectivity index (χ1n) is 9.42. The molecular weight excluding hydrogens is 404 g/mol. The van der Waals surface area contributed by atoms with Crippen molar-refractivity contribution < 1.29 is 38.8 Å². The highest BCUT2D eigenvalue weighted by molar-refractivity contribution is 6.11. The Kier molecular flexibility index (Phi) is 6.01. The number of carbonyl (C=O) groups excluding carboxylic acids is 3. The van der Waals surface area contributed by atoms with Gasteiger partial charge in [0.05, 0.1) is 19.8 Å². The van der Waals surface area contributed by atoms with E-state index < -0.39 is 23.3 Å². The fourth-order valence-electron chi connectivity index (χ4n) is 3.63. The van der Waals surface area contributed by atoms with Gasteiger partial charge < -0.3 is 24.4 Å². The predicted molar refractivity (Wildman–Crippen MR) is 110 cm³/mol. The minimum atomic E-state index is -1.95. The number of rotatable bonds is 7. The van der Waals surface area contributed by atoms with Crippen molar-refractivity contribution in [1.29, 1.82) is 0 Å². The van der Waals surface area contributed by atoms with Crippen LogP contribution in [-0.4, -0.2) is 47.8 Å². The molecule has 1 aliphatic rings. The van der Waals surface area contributed by atoms with Crippen molar-refractivity contribution in [2.45, 2.75) is 25.4 Å². The van der Waals surface area contributed by atoms with E-state index in [0.717, 1.165) is 7.11 Å². The number of ketones is 1. The summed E-state index contributed by atoms with van der Waals surface area (Å²) in [6.45, 7) is 1.39. The molecule has 2 aromatic carbocycles. The van der Waals surface area contributed by atoms with E-state index in [1.54, 1.807) is 36.4 Å². The van der Waals surface area contributed by atoms with Crippen LogP contribution in [0.15, 0.2) is 48.2 Å². The van der Waals surface area contributed by atoms with Gasteiger partial charge in [-0.25, -0.2) is 9.59 Å². The Morgan fingerprint density at radius 2 is 1.74 bits per heavy atom. The van der Waals surface area contributed by atoms with Gasteiger partial charge in [0.15, 0.2) is 0 Å². The molecule has 31 heavy (non-hydrogen) atoms. The van der Waals surface area contributed by atoms with E-state index in [4.69, 9.17) is 14.2 Å². The highest BCUT2D eigenvalue weighted by Crippen LogP contribution is 2.43. The van der Waals surface area contributed by atoms with Gasteiger partial charge in [-0.15, -0.1) is 0 Å². The number of aliphatic hydroxyl groups excluding tert-OH is 1. The van der Waals surface area contributed by atoms with Crippen molar-refractivity contribution in [1.82, 2.24) is 0 Å². The lowest BCUT2D eigenvalue weighted by molar-refractivity contribution is -0.169. The van der Waals surface area contributed by atoms with Crippen LogP contribution < -0.4 is 4.74 Å². The lowest BCUT2D eigenvalue weighted by Gasteiger charge is -2.28. The topological polar surface area (TPSA) is 119 Å². The predicted octanol–water partition coefficient (Wildman–Crippen LogP) is 2.51. The van der Waals surface area contributed by atoms with E-state index >= 15 is 0 Å². The second-order valence-electron chi connectivity index (χ2n) is 7.18. The van der Waals surface area contributed by atoms with Crippen LogP contribution >= 0.6 is 0 Å². The molecule has 162 valence electrons. The monoisotopic (exact) mass is 426 g/mol. The molecule has 0 radical (unpaired) electrons. The van der Waals surface area contributed by atoms with Gasteiger partial charge in [0.1, 0.15) is 17.3 Å². The highest BCUT2D eigenvalue weighted by Gasteiger charge is 2.55. The van der Waals surface area contributed by atoms with Crippen molar-refractivity contribution in [3.8, 4) is 11.5 Å². The SMILES string of the molecule is COC(=O)C1(Cc2ccc(O)c(CC(C)=O)c2)OC(=O)C(O)=C1c1ccc(OC)cc1. The molecule has 1 aliphatic heterocycles. The maximum absolute atomic E-state index is 12.9. The Labute approximate surface area is 178 Å². The first kappa shape index (κ1) is 21.9. The Morgan fingerprint density at radius 1 is 1.06 bits per heavy atom. The average Bonchev–Trinajstić information content (AvgIpc) is 3.00. The summed E-state index contributed by atoms with van der Waals surface area (Å²) in [5.74, 6) is -2.30. The Balaban J connectivity index is 2.12. The second-order valence-corrected chi connectivity index (χ2v) is 7.18. The number of Topliss-reactive ketones (excluding diaryl/α,β-unsaturated/α-hetero) is 1. The number of esters is 2. The highest BCUT2D eigenvalue weighted by atomic mass is 16.6. The lowest BCUT2D eigenvalue weighted by Crippen LogP contribution is -2.44. The molecule has 0 spiro atoms. The summed E-state index contributed by atoms with van der Waals surface area (Å²) in [5.41, 5.74) is -0.749. The zero-order valence-corrected chi connectivity index (χ0v) is 17.3. The van der Waals surface area contributed by atoms with Gasteiger partial charge in [0.25, 0.3) is 0 Å². The summed E-state index contributed by atoms with van der Waals surface area (Å²) in [6.07, 6.45) is -0.181. The second kappa shape index (κ2) is 8.51. The number of carbonyl (C=O) groups is 3. The summed E-state index contributed by atoms with van der Waals surface area (Å²) in [6, 6.07) is 10.9. The number of hydrogen-bond donors (Lipinski definition) is 2. The first-order chi connectivity index (χ1) is 14.7. The molecule has 0 saturated carbocycles. The van der Waals surface area contributed by atoms with Crippen molar-refractivity contribution >= 4 is 23.3 Å². The van der Waals surface area contributed by atoms with Gasteiger partial charge >= 0.3 is 11.9 Å². The summed E-state index contributed by atoms with van der Waals surface area (Å²) in [5, 5.41) is 20.5. The third-order valence-corrected chi connectivity index (χ3v) is 5.03. The fraction of sp³-hybridized carbons (Fsp3) is 0.261. The third-order valence-electron chi connectivity index (χ3n) is 5.03. The van der Waals surface area contributed by atoms with E-state index in [0.29, 0.717) is 22.4 Å². The van der Waals surface area contributed by atoms with E-state index in [1.807, 2.05) is 0 Å². The average molecular weight is 426 g/mol. The summed E-state index contributed by atoms with van der Waals surface area (Å²) in [4.78, 5) is 36.7. The molecule has 1 heterocycles. The Hall–Kier alpha value is -3.81. The minimum absolute atomic E-state index is 0.00287. The molecule has 8 heteroatoms. The Morgan fingerprint density at radius 3 is 2.32 bits per heavy atom. The van der Waals surface area contributed by atoms with Gasteiger partial charge in [-0.2, -0.15) is 0 Å². The van der Waals surface area contributed by atoms with E-state index in [-0.39, 0.29) is 29.9 Å². The Bertz CT molecular complexity index is 1070. The maximum Gasteiger partial charge on any atom is 0.375 e. The van der Waals surface area contributed by atoms with Gasteiger partial charge in [-0.1, -0.05) is 24.3 Å². The molecule has 0 aromatic heterocycles. The number of aromatic hydroxyl groups is 1.